The smallest absolute Gasteiger partial charge is 0.249 e. The molecule has 0 spiro atoms. The third-order valence-electron chi connectivity index (χ3n) is 5.09. The van der Waals surface area contributed by atoms with Crippen LogP contribution >= 0.6 is 27.5 Å². The van der Waals surface area contributed by atoms with E-state index in [1.54, 1.807) is 24.3 Å². The number of ether oxygens (including phenoxy) is 1. The van der Waals surface area contributed by atoms with Crippen LogP contribution in [0.15, 0.2) is 94.5 Å². The molecule has 4 aromatic rings. The van der Waals surface area contributed by atoms with Gasteiger partial charge in [0.2, 0.25) is 11.8 Å². The van der Waals surface area contributed by atoms with E-state index in [4.69, 9.17) is 16.3 Å². The second-order valence-corrected chi connectivity index (χ2v) is 8.93. The average molecular weight is 551 g/mol. The molecule has 0 aliphatic carbocycles. The lowest BCUT2D eigenvalue weighted by atomic mass is 10.0. The molecule has 2 amide bonds. The van der Waals surface area contributed by atoms with Crippen LogP contribution in [0.3, 0.4) is 0 Å². The Balaban J connectivity index is 1.44. The van der Waals surface area contributed by atoms with Gasteiger partial charge in [0.05, 0.1) is 16.9 Å². The van der Waals surface area contributed by atoms with E-state index in [0.29, 0.717) is 23.1 Å². The number of fused-ring (bicyclic) bond motifs is 1. The average Bonchev–Trinajstić information content (AvgIpc) is 2.85. The third kappa shape index (κ3) is 6.68. The molecule has 0 atom stereocenters. The van der Waals surface area contributed by atoms with Crippen LogP contribution in [0.1, 0.15) is 17.5 Å². The van der Waals surface area contributed by atoms with Crippen molar-refractivity contribution >= 4 is 62.0 Å². The SMILES string of the molecule is O=C(CC(=O)Nc1ccccc1Cl)NN=Cc1c(OCc2ccc(Br)cc2)ccc2ccccc12. The van der Waals surface area contributed by atoms with Gasteiger partial charge in [0.1, 0.15) is 18.8 Å². The molecule has 0 unspecified atom stereocenters. The predicted octanol–water partition coefficient (Wildman–Crippen LogP) is 6.31. The summed E-state index contributed by atoms with van der Waals surface area (Å²) in [4.78, 5) is 24.4. The zero-order valence-electron chi connectivity index (χ0n) is 18.5. The molecule has 4 rings (SSSR count). The molecule has 0 aliphatic rings. The quantitative estimate of drug-likeness (QED) is 0.153. The van der Waals surface area contributed by atoms with E-state index < -0.39 is 18.2 Å². The molecule has 0 heterocycles. The number of nitrogens with zero attached hydrogens (tertiary/aromatic N) is 1. The van der Waals surface area contributed by atoms with Gasteiger partial charge in [-0.1, -0.05) is 82.1 Å². The highest BCUT2D eigenvalue weighted by atomic mass is 79.9. The number of para-hydroxylation sites is 1. The number of hydrogen-bond acceptors (Lipinski definition) is 4. The zero-order valence-corrected chi connectivity index (χ0v) is 20.8. The number of carbonyl (C=O) groups is 2. The molecular weight excluding hydrogens is 530 g/mol. The molecule has 0 bridgehead atoms. The van der Waals surface area contributed by atoms with Gasteiger partial charge in [0, 0.05) is 10.0 Å². The highest BCUT2D eigenvalue weighted by Crippen LogP contribution is 2.27. The fourth-order valence-electron chi connectivity index (χ4n) is 3.39. The molecule has 176 valence electrons. The van der Waals surface area contributed by atoms with E-state index >= 15 is 0 Å². The largest absolute Gasteiger partial charge is 0.488 e. The van der Waals surface area contributed by atoms with Gasteiger partial charge >= 0.3 is 0 Å². The van der Waals surface area contributed by atoms with Gasteiger partial charge in [-0.25, -0.2) is 5.43 Å². The summed E-state index contributed by atoms with van der Waals surface area (Å²) >= 11 is 9.47. The molecule has 0 aromatic heterocycles. The summed E-state index contributed by atoms with van der Waals surface area (Å²) in [6.45, 7) is 0.376. The Morgan fingerprint density at radius 3 is 2.46 bits per heavy atom. The van der Waals surface area contributed by atoms with Crippen molar-refractivity contribution in [2.75, 3.05) is 5.32 Å². The molecule has 0 saturated carbocycles. The molecule has 2 N–H and O–H groups in total. The van der Waals surface area contributed by atoms with E-state index in [-0.39, 0.29) is 0 Å². The van der Waals surface area contributed by atoms with Crippen LogP contribution in [0, 0.1) is 0 Å². The van der Waals surface area contributed by atoms with Gasteiger partial charge in [-0.3, -0.25) is 9.59 Å². The summed E-state index contributed by atoms with van der Waals surface area (Å²) in [6, 6.07) is 26.4. The number of hydrazone groups is 1. The highest BCUT2D eigenvalue weighted by Gasteiger charge is 2.11. The normalized spacial score (nSPS) is 10.9. The molecule has 8 heteroatoms. The van der Waals surface area contributed by atoms with Gasteiger partial charge in [0.15, 0.2) is 0 Å². The highest BCUT2D eigenvalue weighted by molar-refractivity contribution is 9.10. The number of nitrogens with one attached hydrogen (secondary N) is 2. The van der Waals surface area contributed by atoms with Crippen molar-refractivity contribution in [1.29, 1.82) is 0 Å². The van der Waals surface area contributed by atoms with Crippen LogP contribution in [0.25, 0.3) is 10.8 Å². The first-order valence-corrected chi connectivity index (χ1v) is 11.9. The molecule has 4 aromatic carbocycles. The van der Waals surface area contributed by atoms with Crippen LogP contribution in [0.4, 0.5) is 5.69 Å². The zero-order chi connectivity index (χ0) is 24.6. The van der Waals surface area contributed by atoms with Crippen LogP contribution in [-0.2, 0) is 16.2 Å². The molecule has 6 nitrogen and oxygen atoms in total. The van der Waals surface area contributed by atoms with Gasteiger partial charge in [-0.2, -0.15) is 5.10 Å². The fourth-order valence-corrected chi connectivity index (χ4v) is 3.83. The molecule has 35 heavy (non-hydrogen) atoms. The summed E-state index contributed by atoms with van der Waals surface area (Å²) in [7, 11) is 0. The lowest BCUT2D eigenvalue weighted by Gasteiger charge is -2.12. The van der Waals surface area contributed by atoms with Gasteiger partial charge in [0.25, 0.3) is 0 Å². The molecular formula is C27H21BrClN3O3. The van der Waals surface area contributed by atoms with Crippen LogP contribution in [-0.4, -0.2) is 18.0 Å². The Bertz CT molecular complexity index is 1390. The van der Waals surface area contributed by atoms with Crippen molar-refractivity contribution in [1.82, 2.24) is 5.43 Å². The Kier molecular flexibility index (Phi) is 8.13. The summed E-state index contributed by atoms with van der Waals surface area (Å²) < 4.78 is 7.07. The second kappa shape index (κ2) is 11.6. The molecule has 0 aliphatic heterocycles. The number of hydrogen-bond donors (Lipinski definition) is 2. The van der Waals surface area contributed by atoms with Crippen molar-refractivity contribution in [2.24, 2.45) is 5.10 Å². The lowest BCUT2D eigenvalue weighted by molar-refractivity contribution is -0.126. The van der Waals surface area contributed by atoms with Crippen molar-refractivity contribution < 1.29 is 14.3 Å². The number of carbonyl (C=O) groups excluding carboxylic acids is 2. The van der Waals surface area contributed by atoms with Crippen molar-refractivity contribution in [2.45, 2.75) is 13.0 Å². The number of rotatable bonds is 8. The summed E-state index contributed by atoms with van der Waals surface area (Å²) in [5.74, 6) is -0.418. The van der Waals surface area contributed by atoms with E-state index in [9.17, 15) is 9.59 Å². The lowest BCUT2D eigenvalue weighted by Crippen LogP contribution is -2.24. The van der Waals surface area contributed by atoms with E-state index in [2.05, 4.69) is 31.8 Å². The van der Waals surface area contributed by atoms with Crippen molar-refractivity contribution in [3.05, 3.63) is 106 Å². The van der Waals surface area contributed by atoms with Crippen molar-refractivity contribution in [3.63, 3.8) is 0 Å². The van der Waals surface area contributed by atoms with Crippen LogP contribution in [0.2, 0.25) is 5.02 Å². The van der Waals surface area contributed by atoms with Gasteiger partial charge in [-0.15, -0.1) is 0 Å². The maximum Gasteiger partial charge on any atom is 0.249 e. The molecule has 0 radical (unpaired) electrons. The standard InChI is InChI=1S/C27H21BrClN3O3/c28-20-12-9-18(10-13-20)17-35-25-14-11-19-5-1-2-6-21(19)22(25)16-30-32-27(34)15-26(33)31-24-8-4-3-7-23(24)29/h1-14,16H,15,17H2,(H,31,33)(H,32,34). The Morgan fingerprint density at radius 2 is 1.66 bits per heavy atom. The Morgan fingerprint density at radius 1 is 0.914 bits per heavy atom. The monoisotopic (exact) mass is 549 g/mol. The number of halogens is 2. The van der Waals surface area contributed by atoms with E-state index in [1.165, 1.54) is 6.21 Å². The van der Waals surface area contributed by atoms with Crippen LogP contribution in [0.5, 0.6) is 5.75 Å². The third-order valence-corrected chi connectivity index (χ3v) is 5.95. The first-order valence-electron chi connectivity index (χ1n) is 10.7. The minimum absolute atomic E-state index is 0.376. The fraction of sp³-hybridized carbons (Fsp3) is 0.0741. The van der Waals surface area contributed by atoms with Gasteiger partial charge in [-0.05, 0) is 46.7 Å². The number of benzene rings is 4. The first kappa shape index (κ1) is 24.4. The maximum atomic E-state index is 12.3. The predicted molar refractivity (Wildman–Crippen MR) is 143 cm³/mol. The Hall–Kier alpha value is -3.68. The minimum Gasteiger partial charge on any atom is -0.488 e. The summed E-state index contributed by atoms with van der Waals surface area (Å²) in [5, 5.41) is 9.02. The summed E-state index contributed by atoms with van der Waals surface area (Å²) in [5.41, 5.74) is 4.59. The van der Waals surface area contributed by atoms with E-state index in [0.717, 1.165) is 26.4 Å². The van der Waals surface area contributed by atoms with Crippen molar-refractivity contribution in [3.8, 4) is 5.75 Å². The topological polar surface area (TPSA) is 79.8 Å². The first-order chi connectivity index (χ1) is 17.0. The second-order valence-electron chi connectivity index (χ2n) is 7.61. The van der Waals surface area contributed by atoms with Crippen LogP contribution < -0.4 is 15.5 Å². The number of amides is 2. The Labute approximate surface area is 216 Å². The molecule has 0 saturated heterocycles. The maximum absolute atomic E-state index is 12.3. The van der Waals surface area contributed by atoms with E-state index in [1.807, 2.05) is 60.7 Å². The van der Waals surface area contributed by atoms with Gasteiger partial charge < -0.3 is 10.1 Å². The summed E-state index contributed by atoms with van der Waals surface area (Å²) in [6.07, 6.45) is 1.13. The minimum atomic E-state index is -0.552. The molecule has 0 fully saturated rings. The number of anilines is 1.